The summed E-state index contributed by atoms with van der Waals surface area (Å²) in [6, 6.07) is 0.614. The standard InChI is InChI=1S/C11H26N2/c1-4-6-8-12-10-11(3)13-9-7-5-2/h11-13H,4-10H2,1-3H3. The Hall–Kier alpha value is -0.0800. The van der Waals surface area contributed by atoms with Crippen LogP contribution in [0.5, 0.6) is 0 Å². The quantitative estimate of drug-likeness (QED) is 0.539. The predicted octanol–water partition coefficient (Wildman–Crippen LogP) is 2.15. The number of rotatable bonds is 9. The van der Waals surface area contributed by atoms with Gasteiger partial charge < -0.3 is 10.6 Å². The minimum atomic E-state index is 0.614. The monoisotopic (exact) mass is 186 g/mol. The average Bonchev–Trinajstić information content (AvgIpc) is 2.13. The third-order valence-electron chi connectivity index (χ3n) is 2.18. The molecule has 0 aromatic carbocycles. The molecule has 1 unspecified atom stereocenters. The van der Waals surface area contributed by atoms with E-state index >= 15 is 0 Å². The van der Waals surface area contributed by atoms with E-state index < -0.39 is 0 Å². The molecule has 0 spiro atoms. The van der Waals surface area contributed by atoms with Crippen molar-refractivity contribution in [2.24, 2.45) is 0 Å². The topological polar surface area (TPSA) is 24.1 Å². The summed E-state index contributed by atoms with van der Waals surface area (Å²) in [7, 11) is 0. The van der Waals surface area contributed by atoms with E-state index in [9.17, 15) is 0 Å². The molecule has 0 saturated carbocycles. The van der Waals surface area contributed by atoms with E-state index in [1.54, 1.807) is 0 Å². The molecule has 1 atom stereocenters. The minimum absolute atomic E-state index is 0.614. The van der Waals surface area contributed by atoms with Crippen molar-refractivity contribution >= 4 is 0 Å². The second kappa shape index (κ2) is 10.0. The molecule has 0 amide bonds. The lowest BCUT2D eigenvalue weighted by Gasteiger charge is -2.14. The maximum absolute atomic E-state index is 3.50. The molecule has 13 heavy (non-hydrogen) atoms. The van der Waals surface area contributed by atoms with E-state index in [-0.39, 0.29) is 0 Å². The fraction of sp³-hybridized carbons (Fsp3) is 1.00. The number of hydrogen-bond acceptors (Lipinski definition) is 2. The predicted molar refractivity (Wildman–Crippen MR) is 60.2 cm³/mol. The first-order valence-electron chi connectivity index (χ1n) is 5.75. The lowest BCUT2D eigenvalue weighted by atomic mass is 10.3. The molecule has 0 aliphatic carbocycles. The second-order valence-electron chi connectivity index (χ2n) is 3.77. The van der Waals surface area contributed by atoms with Gasteiger partial charge in [-0.15, -0.1) is 0 Å². The van der Waals surface area contributed by atoms with Crippen molar-refractivity contribution in [1.82, 2.24) is 10.6 Å². The van der Waals surface area contributed by atoms with Crippen LogP contribution in [0.3, 0.4) is 0 Å². The van der Waals surface area contributed by atoms with Crippen molar-refractivity contribution in [3.8, 4) is 0 Å². The molecule has 2 nitrogen and oxygen atoms in total. The zero-order valence-corrected chi connectivity index (χ0v) is 9.53. The highest BCUT2D eigenvalue weighted by molar-refractivity contribution is 4.63. The molecular formula is C11H26N2. The van der Waals surface area contributed by atoms with Gasteiger partial charge in [-0.25, -0.2) is 0 Å². The van der Waals surface area contributed by atoms with Gasteiger partial charge >= 0.3 is 0 Å². The van der Waals surface area contributed by atoms with Crippen LogP contribution in [0, 0.1) is 0 Å². The van der Waals surface area contributed by atoms with Crippen molar-refractivity contribution in [3.05, 3.63) is 0 Å². The first-order chi connectivity index (χ1) is 6.31. The van der Waals surface area contributed by atoms with Crippen molar-refractivity contribution in [2.75, 3.05) is 19.6 Å². The minimum Gasteiger partial charge on any atom is -0.315 e. The van der Waals surface area contributed by atoms with Crippen LogP contribution in [0.25, 0.3) is 0 Å². The Morgan fingerprint density at radius 1 is 1.00 bits per heavy atom. The van der Waals surface area contributed by atoms with Crippen molar-refractivity contribution in [3.63, 3.8) is 0 Å². The molecule has 0 aliphatic rings. The molecule has 0 rings (SSSR count). The van der Waals surface area contributed by atoms with Gasteiger partial charge in [-0.1, -0.05) is 26.7 Å². The molecular weight excluding hydrogens is 160 g/mol. The molecule has 0 aromatic rings. The third kappa shape index (κ3) is 9.84. The van der Waals surface area contributed by atoms with Crippen LogP contribution in [0.2, 0.25) is 0 Å². The summed E-state index contributed by atoms with van der Waals surface area (Å²) in [6.45, 7) is 10.1. The van der Waals surface area contributed by atoms with Gasteiger partial charge in [0.15, 0.2) is 0 Å². The Kier molecular flexibility index (Phi) is 9.94. The normalized spacial score (nSPS) is 13.2. The maximum Gasteiger partial charge on any atom is 0.0164 e. The molecule has 80 valence electrons. The average molecular weight is 186 g/mol. The fourth-order valence-corrected chi connectivity index (χ4v) is 1.22. The first kappa shape index (κ1) is 12.9. The molecule has 0 radical (unpaired) electrons. The molecule has 0 aromatic heterocycles. The highest BCUT2D eigenvalue weighted by Gasteiger charge is 1.98. The molecule has 0 aliphatic heterocycles. The summed E-state index contributed by atoms with van der Waals surface area (Å²) in [5.74, 6) is 0. The summed E-state index contributed by atoms with van der Waals surface area (Å²) in [5.41, 5.74) is 0. The summed E-state index contributed by atoms with van der Waals surface area (Å²) >= 11 is 0. The largest absolute Gasteiger partial charge is 0.315 e. The Bertz CT molecular complexity index is 94.1. The summed E-state index contributed by atoms with van der Waals surface area (Å²) in [6.07, 6.45) is 5.15. The van der Waals surface area contributed by atoms with Gasteiger partial charge in [0, 0.05) is 12.6 Å². The van der Waals surface area contributed by atoms with Crippen LogP contribution < -0.4 is 10.6 Å². The highest BCUT2D eigenvalue weighted by Crippen LogP contribution is 1.86. The van der Waals surface area contributed by atoms with Crippen LogP contribution >= 0.6 is 0 Å². The van der Waals surface area contributed by atoms with Gasteiger partial charge in [0.1, 0.15) is 0 Å². The Morgan fingerprint density at radius 3 is 2.23 bits per heavy atom. The van der Waals surface area contributed by atoms with Crippen LogP contribution in [-0.2, 0) is 0 Å². The molecule has 2 N–H and O–H groups in total. The van der Waals surface area contributed by atoms with Crippen LogP contribution in [0.1, 0.15) is 46.5 Å². The SMILES string of the molecule is CCCCNCC(C)NCCCC. The summed E-state index contributed by atoms with van der Waals surface area (Å²) < 4.78 is 0. The molecule has 0 bridgehead atoms. The molecule has 0 fully saturated rings. The van der Waals surface area contributed by atoms with Gasteiger partial charge in [-0.05, 0) is 32.9 Å². The third-order valence-corrected chi connectivity index (χ3v) is 2.18. The van der Waals surface area contributed by atoms with E-state index in [1.807, 2.05) is 0 Å². The second-order valence-corrected chi connectivity index (χ2v) is 3.77. The molecule has 0 saturated heterocycles. The molecule has 2 heteroatoms. The summed E-state index contributed by atoms with van der Waals surface area (Å²) in [5, 5.41) is 6.95. The maximum atomic E-state index is 3.50. The number of nitrogens with one attached hydrogen (secondary N) is 2. The van der Waals surface area contributed by atoms with Gasteiger partial charge in [0.05, 0.1) is 0 Å². The zero-order valence-electron chi connectivity index (χ0n) is 9.53. The smallest absolute Gasteiger partial charge is 0.0164 e. The Morgan fingerprint density at radius 2 is 1.62 bits per heavy atom. The molecule has 0 heterocycles. The van der Waals surface area contributed by atoms with Crippen molar-refractivity contribution in [1.29, 1.82) is 0 Å². The Labute approximate surface area is 83.5 Å². The number of unbranched alkanes of at least 4 members (excludes halogenated alkanes) is 2. The van der Waals surface area contributed by atoms with Crippen LogP contribution in [-0.4, -0.2) is 25.7 Å². The van der Waals surface area contributed by atoms with Crippen molar-refractivity contribution < 1.29 is 0 Å². The van der Waals surface area contributed by atoms with E-state index in [0.717, 1.165) is 19.6 Å². The van der Waals surface area contributed by atoms with E-state index in [2.05, 4.69) is 31.4 Å². The highest BCUT2D eigenvalue weighted by atomic mass is 15.0. The van der Waals surface area contributed by atoms with Gasteiger partial charge in [-0.2, -0.15) is 0 Å². The van der Waals surface area contributed by atoms with E-state index in [1.165, 1.54) is 25.7 Å². The lowest BCUT2D eigenvalue weighted by molar-refractivity contribution is 0.490. The zero-order chi connectivity index (χ0) is 9.94. The van der Waals surface area contributed by atoms with Crippen LogP contribution in [0.15, 0.2) is 0 Å². The first-order valence-corrected chi connectivity index (χ1v) is 5.75. The lowest BCUT2D eigenvalue weighted by Crippen LogP contribution is -2.37. The summed E-state index contributed by atoms with van der Waals surface area (Å²) in [4.78, 5) is 0. The van der Waals surface area contributed by atoms with E-state index in [0.29, 0.717) is 6.04 Å². The fourth-order valence-electron chi connectivity index (χ4n) is 1.22. The van der Waals surface area contributed by atoms with Gasteiger partial charge in [-0.3, -0.25) is 0 Å². The van der Waals surface area contributed by atoms with Crippen LogP contribution in [0.4, 0.5) is 0 Å². The van der Waals surface area contributed by atoms with Crippen molar-refractivity contribution in [2.45, 2.75) is 52.5 Å². The van der Waals surface area contributed by atoms with Gasteiger partial charge in [0.2, 0.25) is 0 Å². The number of hydrogen-bond donors (Lipinski definition) is 2. The van der Waals surface area contributed by atoms with E-state index in [4.69, 9.17) is 0 Å². The van der Waals surface area contributed by atoms with Gasteiger partial charge in [0.25, 0.3) is 0 Å². The Balaban J connectivity index is 3.05.